The molecule has 0 bridgehead atoms. The van der Waals surface area contributed by atoms with Crippen LogP contribution in [0.2, 0.25) is 10.0 Å². The van der Waals surface area contributed by atoms with E-state index >= 15 is 0 Å². The van der Waals surface area contributed by atoms with Gasteiger partial charge in [0.1, 0.15) is 0 Å². The first-order valence-electron chi connectivity index (χ1n) is 5.20. The molecule has 4 nitrogen and oxygen atoms in total. The smallest absolute Gasteiger partial charge is 0.238 e. The standard InChI is InChI=1S/C11H12Cl2N2O2/c12-7-1-2-9(13)10(3-7)14-11(17)6-15-4-8(16)5-15/h1-3,8,16H,4-6H2,(H,14,17). The topological polar surface area (TPSA) is 52.6 Å². The average molecular weight is 275 g/mol. The van der Waals surface area contributed by atoms with Gasteiger partial charge in [-0.05, 0) is 18.2 Å². The second kappa shape index (κ2) is 5.23. The van der Waals surface area contributed by atoms with Crippen LogP contribution in [0.4, 0.5) is 5.69 Å². The van der Waals surface area contributed by atoms with Gasteiger partial charge in [0.25, 0.3) is 0 Å². The van der Waals surface area contributed by atoms with Crippen LogP contribution in [0, 0.1) is 0 Å². The molecule has 2 rings (SSSR count). The van der Waals surface area contributed by atoms with E-state index < -0.39 is 0 Å². The number of amides is 1. The van der Waals surface area contributed by atoms with Crippen LogP contribution in [-0.2, 0) is 4.79 Å². The van der Waals surface area contributed by atoms with Gasteiger partial charge in [-0.2, -0.15) is 0 Å². The van der Waals surface area contributed by atoms with Crippen molar-refractivity contribution < 1.29 is 9.90 Å². The van der Waals surface area contributed by atoms with Gasteiger partial charge in [0.05, 0.1) is 23.4 Å². The molecule has 1 aromatic carbocycles. The van der Waals surface area contributed by atoms with Crippen molar-refractivity contribution in [2.45, 2.75) is 6.10 Å². The van der Waals surface area contributed by atoms with Gasteiger partial charge in [-0.25, -0.2) is 0 Å². The molecule has 0 unspecified atom stereocenters. The van der Waals surface area contributed by atoms with Crippen LogP contribution in [0.1, 0.15) is 0 Å². The van der Waals surface area contributed by atoms with Crippen molar-refractivity contribution in [3.8, 4) is 0 Å². The van der Waals surface area contributed by atoms with Crippen molar-refractivity contribution in [2.75, 3.05) is 25.0 Å². The molecule has 2 N–H and O–H groups in total. The van der Waals surface area contributed by atoms with Gasteiger partial charge in [0.15, 0.2) is 0 Å². The number of aliphatic hydroxyl groups is 1. The number of aliphatic hydroxyl groups excluding tert-OH is 1. The van der Waals surface area contributed by atoms with E-state index in [4.69, 9.17) is 28.3 Å². The lowest BCUT2D eigenvalue weighted by atomic mass is 10.2. The van der Waals surface area contributed by atoms with Crippen molar-refractivity contribution in [1.82, 2.24) is 4.90 Å². The number of hydrogen-bond donors (Lipinski definition) is 2. The SMILES string of the molecule is O=C(CN1CC(O)C1)Nc1cc(Cl)ccc1Cl. The summed E-state index contributed by atoms with van der Waals surface area (Å²) in [5, 5.41) is 12.7. The number of likely N-dealkylation sites (tertiary alicyclic amines) is 1. The van der Waals surface area contributed by atoms with Crippen LogP contribution in [-0.4, -0.2) is 41.7 Å². The van der Waals surface area contributed by atoms with E-state index in [2.05, 4.69) is 5.32 Å². The van der Waals surface area contributed by atoms with Crippen molar-refractivity contribution in [3.05, 3.63) is 28.2 Å². The zero-order valence-corrected chi connectivity index (χ0v) is 10.5. The Morgan fingerprint density at radius 2 is 2.18 bits per heavy atom. The van der Waals surface area contributed by atoms with Crippen LogP contribution >= 0.6 is 23.2 Å². The van der Waals surface area contributed by atoms with Crippen LogP contribution in [0.25, 0.3) is 0 Å². The third-order valence-electron chi connectivity index (χ3n) is 2.51. The minimum atomic E-state index is -0.308. The summed E-state index contributed by atoms with van der Waals surface area (Å²) in [5.41, 5.74) is 0.505. The molecule has 1 saturated heterocycles. The molecule has 1 amide bonds. The van der Waals surface area contributed by atoms with Gasteiger partial charge >= 0.3 is 0 Å². The van der Waals surface area contributed by atoms with Crippen LogP contribution in [0.15, 0.2) is 18.2 Å². The summed E-state index contributed by atoms with van der Waals surface area (Å²) in [4.78, 5) is 13.5. The lowest BCUT2D eigenvalue weighted by molar-refractivity contribution is -0.119. The zero-order chi connectivity index (χ0) is 12.4. The van der Waals surface area contributed by atoms with Gasteiger partial charge in [0, 0.05) is 18.1 Å². The molecule has 6 heteroatoms. The highest BCUT2D eigenvalue weighted by Crippen LogP contribution is 2.25. The van der Waals surface area contributed by atoms with E-state index in [-0.39, 0.29) is 18.6 Å². The van der Waals surface area contributed by atoms with E-state index in [0.29, 0.717) is 28.8 Å². The Balaban J connectivity index is 1.91. The molecule has 17 heavy (non-hydrogen) atoms. The fourth-order valence-corrected chi connectivity index (χ4v) is 1.99. The Bertz CT molecular complexity index is 433. The van der Waals surface area contributed by atoms with Gasteiger partial charge in [-0.3, -0.25) is 9.69 Å². The number of nitrogens with zero attached hydrogens (tertiary/aromatic N) is 1. The Labute approximate surface area is 109 Å². The number of anilines is 1. The quantitative estimate of drug-likeness (QED) is 0.881. The van der Waals surface area contributed by atoms with Crippen molar-refractivity contribution in [3.63, 3.8) is 0 Å². The first-order valence-corrected chi connectivity index (χ1v) is 5.95. The van der Waals surface area contributed by atoms with Gasteiger partial charge in [-0.1, -0.05) is 23.2 Å². The second-order valence-electron chi connectivity index (χ2n) is 4.02. The molecule has 92 valence electrons. The predicted molar refractivity (Wildman–Crippen MR) is 67.5 cm³/mol. The van der Waals surface area contributed by atoms with Gasteiger partial charge in [-0.15, -0.1) is 0 Å². The van der Waals surface area contributed by atoms with Crippen molar-refractivity contribution in [2.24, 2.45) is 0 Å². The minimum absolute atomic E-state index is 0.166. The third kappa shape index (κ3) is 3.33. The maximum Gasteiger partial charge on any atom is 0.238 e. The van der Waals surface area contributed by atoms with Crippen LogP contribution in [0.3, 0.4) is 0 Å². The Morgan fingerprint density at radius 3 is 2.82 bits per heavy atom. The second-order valence-corrected chi connectivity index (χ2v) is 4.86. The fraction of sp³-hybridized carbons (Fsp3) is 0.364. The van der Waals surface area contributed by atoms with E-state index in [1.165, 1.54) is 0 Å². The molecule has 0 radical (unpaired) electrons. The number of benzene rings is 1. The molecule has 1 aromatic rings. The highest BCUT2D eigenvalue weighted by atomic mass is 35.5. The normalized spacial score (nSPS) is 16.6. The Morgan fingerprint density at radius 1 is 1.47 bits per heavy atom. The summed E-state index contributed by atoms with van der Waals surface area (Å²) in [6.07, 6.45) is -0.308. The highest BCUT2D eigenvalue weighted by Gasteiger charge is 2.25. The highest BCUT2D eigenvalue weighted by molar-refractivity contribution is 6.35. The third-order valence-corrected chi connectivity index (χ3v) is 3.07. The maximum atomic E-state index is 11.6. The molecule has 1 aliphatic heterocycles. The number of β-amino-alcohol motifs (C(OH)–C–C–N with tert-alkyl or cyclic N) is 1. The van der Waals surface area contributed by atoms with Crippen LogP contribution in [0.5, 0.6) is 0 Å². The number of nitrogens with one attached hydrogen (secondary N) is 1. The molecule has 1 heterocycles. The van der Waals surface area contributed by atoms with E-state index in [9.17, 15) is 4.79 Å². The molecular weight excluding hydrogens is 263 g/mol. The number of halogens is 2. The summed E-state index contributed by atoms with van der Waals surface area (Å²) in [6.45, 7) is 1.33. The Kier molecular flexibility index (Phi) is 3.89. The molecule has 0 saturated carbocycles. The van der Waals surface area contributed by atoms with E-state index in [0.717, 1.165) is 0 Å². The molecule has 1 fully saturated rings. The summed E-state index contributed by atoms with van der Waals surface area (Å²) < 4.78 is 0. The number of carbonyl (C=O) groups excluding carboxylic acids is 1. The average Bonchev–Trinajstić information content (AvgIpc) is 2.21. The zero-order valence-electron chi connectivity index (χ0n) is 8.99. The number of carbonyl (C=O) groups is 1. The summed E-state index contributed by atoms with van der Waals surface area (Å²) >= 11 is 11.7. The van der Waals surface area contributed by atoms with Gasteiger partial charge in [0.2, 0.25) is 5.91 Å². The first kappa shape index (κ1) is 12.6. The lowest BCUT2D eigenvalue weighted by Gasteiger charge is -2.35. The van der Waals surface area contributed by atoms with Crippen molar-refractivity contribution in [1.29, 1.82) is 0 Å². The van der Waals surface area contributed by atoms with Gasteiger partial charge < -0.3 is 10.4 Å². The minimum Gasteiger partial charge on any atom is -0.390 e. The fourth-order valence-electron chi connectivity index (χ4n) is 1.66. The molecule has 1 aliphatic rings. The molecule has 0 aliphatic carbocycles. The summed E-state index contributed by atoms with van der Waals surface area (Å²) in [5.74, 6) is -0.166. The molecule has 0 aromatic heterocycles. The maximum absolute atomic E-state index is 11.6. The largest absolute Gasteiger partial charge is 0.390 e. The predicted octanol–water partition coefficient (Wildman–Crippen LogP) is 1.61. The number of rotatable bonds is 3. The molecular formula is C11H12Cl2N2O2. The summed E-state index contributed by atoms with van der Waals surface area (Å²) in [6, 6.07) is 4.89. The number of hydrogen-bond acceptors (Lipinski definition) is 3. The monoisotopic (exact) mass is 274 g/mol. The summed E-state index contributed by atoms with van der Waals surface area (Å²) in [7, 11) is 0. The van der Waals surface area contributed by atoms with E-state index in [1.54, 1.807) is 18.2 Å². The van der Waals surface area contributed by atoms with E-state index in [1.807, 2.05) is 4.90 Å². The Hall–Kier alpha value is -0.810. The van der Waals surface area contributed by atoms with Crippen LogP contribution < -0.4 is 5.32 Å². The molecule has 0 spiro atoms. The van der Waals surface area contributed by atoms with Crippen molar-refractivity contribution >= 4 is 34.8 Å². The first-order chi connectivity index (χ1) is 8.04. The molecule has 0 atom stereocenters. The lowest BCUT2D eigenvalue weighted by Crippen LogP contribution is -2.53.